The predicted molar refractivity (Wildman–Crippen MR) is 91.8 cm³/mol. The van der Waals surface area contributed by atoms with Crippen LogP contribution in [0, 0.1) is 4.77 Å². The van der Waals surface area contributed by atoms with Crippen LogP contribution in [0.5, 0.6) is 11.5 Å². The van der Waals surface area contributed by atoms with E-state index in [-0.39, 0.29) is 0 Å². The smallest absolute Gasteiger partial charge is 0.198 e. The summed E-state index contributed by atoms with van der Waals surface area (Å²) in [5.41, 5.74) is 0. The summed E-state index contributed by atoms with van der Waals surface area (Å²) in [4.78, 5) is 2.28. The van der Waals surface area contributed by atoms with Gasteiger partial charge in [0.2, 0.25) is 0 Å². The maximum atomic E-state index is 5.80. The molecule has 1 aliphatic heterocycles. The van der Waals surface area contributed by atoms with Crippen molar-refractivity contribution in [1.29, 1.82) is 0 Å². The van der Waals surface area contributed by atoms with Gasteiger partial charge in [-0.2, -0.15) is 5.10 Å². The van der Waals surface area contributed by atoms with Gasteiger partial charge in [-0.25, -0.2) is 4.68 Å². The van der Waals surface area contributed by atoms with Gasteiger partial charge in [-0.1, -0.05) is 0 Å². The van der Waals surface area contributed by atoms with E-state index in [1.54, 1.807) is 7.11 Å². The van der Waals surface area contributed by atoms with Gasteiger partial charge in [0.15, 0.2) is 10.6 Å². The Morgan fingerprint density at radius 1 is 1.17 bits per heavy atom. The minimum absolute atomic E-state index is 0.364. The molecule has 2 aromatic rings. The highest BCUT2D eigenvalue weighted by atomic mass is 32.1. The Morgan fingerprint density at radius 2 is 1.83 bits per heavy atom. The van der Waals surface area contributed by atoms with Gasteiger partial charge in [-0.05, 0) is 36.5 Å². The highest BCUT2D eigenvalue weighted by Gasteiger charge is 2.14. The van der Waals surface area contributed by atoms with E-state index in [0.717, 1.165) is 43.6 Å². The minimum atomic E-state index is 0.364. The van der Waals surface area contributed by atoms with E-state index in [9.17, 15) is 0 Å². The Bertz CT molecular complexity index is 720. The summed E-state index contributed by atoms with van der Waals surface area (Å²) >= 11 is 5.48. The number of benzene rings is 1. The van der Waals surface area contributed by atoms with E-state index in [4.69, 9.17) is 26.4 Å². The molecule has 1 saturated heterocycles. The number of nitrogens with zero attached hydrogens (tertiary/aromatic N) is 4. The first-order valence-corrected chi connectivity index (χ1v) is 8.28. The first-order valence-electron chi connectivity index (χ1n) is 7.87. The van der Waals surface area contributed by atoms with Gasteiger partial charge >= 0.3 is 0 Å². The van der Waals surface area contributed by atoms with Crippen LogP contribution >= 0.6 is 12.2 Å². The molecule has 3 rings (SSSR count). The predicted octanol–water partition coefficient (Wildman–Crippen LogP) is 1.83. The lowest BCUT2D eigenvalue weighted by Gasteiger charge is -2.26. The first-order chi connectivity index (χ1) is 11.7. The molecular formula is C16H22N4O3S. The second-order valence-corrected chi connectivity index (χ2v) is 5.96. The summed E-state index contributed by atoms with van der Waals surface area (Å²) in [6, 6.07) is 7.48. The molecule has 0 unspecified atom stereocenters. The Labute approximate surface area is 146 Å². The van der Waals surface area contributed by atoms with Gasteiger partial charge in [0, 0.05) is 20.1 Å². The SMILES string of the molecule is COc1ccc(OCc2nn(CN3CCOCC3)c(=S)n2C)cc1. The van der Waals surface area contributed by atoms with Crippen molar-refractivity contribution in [3.05, 3.63) is 34.9 Å². The van der Waals surface area contributed by atoms with Crippen molar-refractivity contribution >= 4 is 12.2 Å². The number of aromatic nitrogens is 3. The van der Waals surface area contributed by atoms with Crippen LogP contribution in [-0.4, -0.2) is 52.7 Å². The van der Waals surface area contributed by atoms with E-state index in [2.05, 4.69) is 10.00 Å². The Kier molecular flexibility index (Phi) is 5.49. The Hall–Kier alpha value is -1.90. The summed E-state index contributed by atoms with van der Waals surface area (Å²) in [5, 5.41) is 4.60. The van der Waals surface area contributed by atoms with Crippen molar-refractivity contribution in [2.24, 2.45) is 7.05 Å². The normalized spacial score (nSPS) is 15.4. The van der Waals surface area contributed by atoms with Crippen molar-refractivity contribution in [2.75, 3.05) is 33.4 Å². The average Bonchev–Trinajstić information content (AvgIpc) is 2.89. The van der Waals surface area contributed by atoms with Crippen LogP contribution in [-0.2, 0) is 25.1 Å². The summed E-state index contributed by atoms with van der Waals surface area (Å²) in [5.74, 6) is 2.36. The van der Waals surface area contributed by atoms with E-state index < -0.39 is 0 Å². The lowest BCUT2D eigenvalue weighted by atomic mass is 10.3. The number of methoxy groups -OCH3 is 1. The second kappa shape index (κ2) is 7.78. The van der Waals surface area contributed by atoms with E-state index in [1.165, 1.54) is 0 Å². The second-order valence-electron chi connectivity index (χ2n) is 5.59. The third-order valence-corrected chi connectivity index (χ3v) is 4.48. The van der Waals surface area contributed by atoms with Gasteiger partial charge in [0.1, 0.15) is 18.1 Å². The molecule has 7 nitrogen and oxygen atoms in total. The fourth-order valence-corrected chi connectivity index (χ4v) is 2.71. The van der Waals surface area contributed by atoms with Crippen molar-refractivity contribution in [1.82, 2.24) is 19.2 Å². The molecule has 1 aromatic heterocycles. The molecule has 0 N–H and O–H groups in total. The highest BCUT2D eigenvalue weighted by molar-refractivity contribution is 7.71. The van der Waals surface area contributed by atoms with E-state index in [1.807, 2.05) is 40.6 Å². The minimum Gasteiger partial charge on any atom is -0.497 e. The number of ether oxygens (including phenoxy) is 3. The first kappa shape index (κ1) is 16.9. The largest absolute Gasteiger partial charge is 0.497 e. The molecule has 0 atom stereocenters. The Morgan fingerprint density at radius 3 is 2.50 bits per heavy atom. The summed E-state index contributed by atoms with van der Waals surface area (Å²) in [6.45, 7) is 4.36. The lowest BCUT2D eigenvalue weighted by molar-refractivity contribution is 0.0208. The van der Waals surface area contributed by atoms with Crippen LogP contribution in [0.15, 0.2) is 24.3 Å². The zero-order chi connectivity index (χ0) is 16.9. The summed E-state index contributed by atoms with van der Waals surface area (Å²) < 4.78 is 20.7. The standard InChI is InChI=1S/C16H22N4O3S/c1-18-15(11-23-14-5-3-13(21-2)4-6-14)17-20(16(18)24)12-19-7-9-22-10-8-19/h3-6H,7-12H2,1-2H3. The molecule has 1 fully saturated rings. The van der Waals surface area contributed by atoms with Gasteiger partial charge in [0.05, 0.1) is 27.0 Å². The van der Waals surface area contributed by atoms with Gasteiger partial charge in [-0.15, -0.1) is 0 Å². The zero-order valence-corrected chi connectivity index (χ0v) is 14.8. The maximum Gasteiger partial charge on any atom is 0.198 e. The molecule has 0 amide bonds. The topological polar surface area (TPSA) is 53.7 Å². The monoisotopic (exact) mass is 350 g/mol. The van der Waals surface area contributed by atoms with Crippen LogP contribution in [0.3, 0.4) is 0 Å². The van der Waals surface area contributed by atoms with Crippen molar-refractivity contribution < 1.29 is 14.2 Å². The van der Waals surface area contributed by atoms with Crippen LogP contribution in [0.25, 0.3) is 0 Å². The molecule has 0 radical (unpaired) electrons. The molecule has 2 heterocycles. The molecular weight excluding hydrogens is 328 g/mol. The summed E-state index contributed by atoms with van der Waals surface area (Å²) in [7, 11) is 3.56. The molecule has 0 bridgehead atoms. The number of hydrogen-bond acceptors (Lipinski definition) is 6. The number of morpholine rings is 1. The Balaban J connectivity index is 1.64. The van der Waals surface area contributed by atoms with Crippen molar-refractivity contribution in [2.45, 2.75) is 13.3 Å². The van der Waals surface area contributed by atoms with Gasteiger partial charge < -0.3 is 18.8 Å². The quantitative estimate of drug-likeness (QED) is 0.741. The molecule has 8 heteroatoms. The summed E-state index contributed by atoms with van der Waals surface area (Å²) in [6.07, 6.45) is 0. The van der Waals surface area contributed by atoms with Crippen LogP contribution in [0.1, 0.15) is 5.82 Å². The molecule has 24 heavy (non-hydrogen) atoms. The maximum absolute atomic E-state index is 5.80. The third kappa shape index (κ3) is 3.95. The van der Waals surface area contributed by atoms with Gasteiger partial charge in [0.25, 0.3) is 0 Å². The van der Waals surface area contributed by atoms with Crippen molar-refractivity contribution in [3.8, 4) is 11.5 Å². The third-order valence-electron chi connectivity index (χ3n) is 4.00. The molecule has 0 aliphatic carbocycles. The van der Waals surface area contributed by atoms with Crippen molar-refractivity contribution in [3.63, 3.8) is 0 Å². The van der Waals surface area contributed by atoms with E-state index in [0.29, 0.717) is 18.0 Å². The number of hydrogen-bond donors (Lipinski definition) is 0. The fourth-order valence-electron chi connectivity index (χ4n) is 2.50. The fraction of sp³-hybridized carbons (Fsp3) is 0.500. The van der Waals surface area contributed by atoms with Crippen LogP contribution < -0.4 is 9.47 Å². The molecule has 1 aliphatic rings. The van der Waals surface area contributed by atoms with Crippen LogP contribution in [0.2, 0.25) is 0 Å². The lowest BCUT2D eigenvalue weighted by Crippen LogP contribution is -2.37. The molecule has 1 aromatic carbocycles. The highest BCUT2D eigenvalue weighted by Crippen LogP contribution is 2.18. The number of rotatable bonds is 6. The molecule has 130 valence electrons. The van der Waals surface area contributed by atoms with Gasteiger partial charge in [-0.3, -0.25) is 4.90 Å². The van der Waals surface area contributed by atoms with Crippen LogP contribution in [0.4, 0.5) is 0 Å². The zero-order valence-electron chi connectivity index (χ0n) is 14.0. The molecule has 0 saturated carbocycles. The van der Waals surface area contributed by atoms with E-state index >= 15 is 0 Å². The molecule has 0 spiro atoms. The average molecular weight is 350 g/mol.